The summed E-state index contributed by atoms with van der Waals surface area (Å²) in [5.41, 5.74) is 6.59. The van der Waals surface area contributed by atoms with E-state index in [-0.39, 0.29) is 0 Å². The summed E-state index contributed by atoms with van der Waals surface area (Å²) < 4.78 is 0. The maximum Gasteiger partial charge on any atom is 0.289 e. The van der Waals surface area contributed by atoms with Gasteiger partial charge in [0.1, 0.15) is 0 Å². The van der Waals surface area contributed by atoms with Crippen LogP contribution < -0.4 is 11.1 Å². The van der Waals surface area contributed by atoms with Crippen molar-refractivity contribution in [3.8, 4) is 0 Å². The van der Waals surface area contributed by atoms with Gasteiger partial charge in [-0.3, -0.25) is 19.3 Å². The third-order valence-corrected chi connectivity index (χ3v) is 5.50. The van der Waals surface area contributed by atoms with Crippen LogP contribution in [0.5, 0.6) is 0 Å². The Bertz CT molecular complexity index is 875. The van der Waals surface area contributed by atoms with Crippen molar-refractivity contribution in [2.45, 2.75) is 44.7 Å². The van der Waals surface area contributed by atoms with Gasteiger partial charge in [0.05, 0.1) is 12.1 Å². The molecule has 1 saturated heterocycles. The summed E-state index contributed by atoms with van der Waals surface area (Å²) >= 11 is 0. The molecule has 0 radical (unpaired) electrons. The summed E-state index contributed by atoms with van der Waals surface area (Å²) in [6.07, 6.45) is 2.56. The SMILES string of the molecule is CC[C@@H](C(=O)C(=O)NCCc1cccc2ccccc12)N1CCCC1C(N)=O. The highest BCUT2D eigenvalue weighted by Gasteiger charge is 2.38. The van der Waals surface area contributed by atoms with Crippen molar-refractivity contribution in [2.75, 3.05) is 13.1 Å². The van der Waals surface area contributed by atoms with Gasteiger partial charge in [-0.25, -0.2) is 0 Å². The molecule has 0 spiro atoms. The fourth-order valence-electron chi connectivity index (χ4n) is 4.10. The van der Waals surface area contributed by atoms with E-state index in [2.05, 4.69) is 23.5 Å². The van der Waals surface area contributed by atoms with Gasteiger partial charge in [-0.2, -0.15) is 0 Å². The molecule has 28 heavy (non-hydrogen) atoms. The Morgan fingerprint density at radius 3 is 2.68 bits per heavy atom. The molecular weight excluding hydrogens is 354 g/mol. The molecule has 0 aromatic heterocycles. The number of rotatable bonds is 8. The van der Waals surface area contributed by atoms with Crippen molar-refractivity contribution in [3.05, 3.63) is 48.0 Å². The van der Waals surface area contributed by atoms with Crippen molar-refractivity contribution in [1.29, 1.82) is 0 Å². The van der Waals surface area contributed by atoms with Gasteiger partial charge >= 0.3 is 0 Å². The molecule has 1 heterocycles. The molecule has 1 fully saturated rings. The molecule has 2 aromatic rings. The molecule has 0 aliphatic carbocycles. The van der Waals surface area contributed by atoms with E-state index in [1.165, 1.54) is 0 Å². The van der Waals surface area contributed by atoms with Crippen molar-refractivity contribution < 1.29 is 14.4 Å². The van der Waals surface area contributed by atoms with Crippen molar-refractivity contribution in [3.63, 3.8) is 0 Å². The summed E-state index contributed by atoms with van der Waals surface area (Å²) in [5, 5.41) is 5.05. The van der Waals surface area contributed by atoms with Crippen LogP contribution in [0.25, 0.3) is 10.8 Å². The van der Waals surface area contributed by atoms with Crippen molar-refractivity contribution in [2.24, 2.45) is 5.73 Å². The predicted octanol–water partition coefficient (Wildman–Crippen LogP) is 1.80. The van der Waals surface area contributed by atoms with Crippen LogP contribution in [0.2, 0.25) is 0 Å². The first-order valence-electron chi connectivity index (χ1n) is 9.86. The average molecular weight is 381 g/mol. The number of benzene rings is 2. The van der Waals surface area contributed by atoms with Crippen LogP contribution in [-0.4, -0.2) is 47.7 Å². The van der Waals surface area contributed by atoms with Gasteiger partial charge in [-0.15, -0.1) is 0 Å². The van der Waals surface area contributed by atoms with Gasteiger partial charge in [0.25, 0.3) is 5.91 Å². The Kier molecular flexibility index (Phi) is 6.41. The summed E-state index contributed by atoms with van der Waals surface area (Å²) in [5.74, 6) is -1.52. The molecule has 3 rings (SSSR count). The Hall–Kier alpha value is -2.73. The number of carbonyl (C=O) groups excluding carboxylic acids is 3. The number of nitrogens with two attached hydrogens (primary N) is 1. The number of likely N-dealkylation sites (tertiary alicyclic amines) is 1. The molecule has 2 atom stereocenters. The Labute approximate surface area is 165 Å². The highest BCUT2D eigenvalue weighted by atomic mass is 16.2. The maximum atomic E-state index is 12.7. The van der Waals surface area contributed by atoms with Crippen molar-refractivity contribution in [1.82, 2.24) is 10.2 Å². The predicted molar refractivity (Wildman–Crippen MR) is 109 cm³/mol. The number of amides is 2. The zero-order chi connectivity index (χ0) is 20.1. The molecule has 6 nitrogen and oxygen atoms in total. The minimum atomic E-state index is -0.599. The highest BCUT2D eigenvalue weighted by molar-refractivity contribution is 6.38. The van der Waals surface area contributed by atoms with Crippen LogP contribution in [0.1, 0.15) is 31.7 Å². The van der Waals surface area contributed by atoms with E-state index in [9.17, 15) is 14.4 Å². The molecule has 1 aliphatic heterocycles. The molecule has 0 bridgehead atoms. The minimum absolute atomic E-state index is 0.383. The van der Waals surface area contributed by atoms with E-state index < -0.39 is 29.7 Å². The number of hydrogen-bond acceptors (Lipinski definition) is 4. The fraction of sp³-hybridized carbons (Fsp3) is 0.409. The standard InChI is InChI=1S/C22H27N3O3/c1-2-18(25-14-6-11-19(25)21(23)27)20(26)22(28)24-13-12-16-9-5-8-15-7-3-4-10-17(15)16/h3-5,7-10,18-19H,2,6,11-14H2,1H3,(H2,23,27)(H,24,28)/t18-,19?/m0/s1. The highest BCUT2D eigenvalue weighted by Crippen LogP contribution is 2.22. The number of carbonyl (C=O) groups is 3. The van der Waals surface area contributed by atoms with E-state index in [1.807, 2.05) is 31.2 Å². The molecule has 148 valence electrons. The lowest BCUT2D eigenvalue weighted by Crippen LogP contribution is -2.52. The summed E-state index contributed by atoms with van der Waals surface area (Å²) in [4.78, 5) is 38.5. The first kappa shape index (κ1) is 20.0. The molecule has 6 heteroatoms. The Morgan fingerprint density at radius 2 is 1.93 bits per heavy atom. The minimum Gasteiger partial charge on any atom is -0.368 e. The fourth-order valence-corrected chi connectivity index (χ4v) is 4.10. The molecule has 1 unspecified atom stereocenters. The van der Waals surface area contributed by atoms with E-state index in [0.29, 0.717) is 32.4 Å². The second-order valence-electron chi connectivity index (χ2n) is 7.23. The van der Waals surface area contributed by atoms with Crippen LogP contribution in [-0.2, 0) is 20.8 Å². The van der Waals surface area contributed by atoms with Crippen LogP contribution >= 0.6 is 0 Å². The van der Waals surface area contributed by atoms with Gasteiger partial charge in [0, 0.05) is 6.54 Å². The largest absolute Gasteiger partial charge is 0.368 e. The van der Waals surface area contributed by atoms with Gasteiger partial charge in [-0.1, -0.05) is 49.4 Å². The number of hydrogen-bond donors (Lipinski definition) is 2. The number of nitrogens with zero attached hydrogens (tertiary/aromatic N) is 1. The third-order valence-electron chi connectivity index (χ3n) is 5.50. The summed E-state index contributed by atoms with van der Waals surface area (Å²) in [6.45, 7) is 2.84. The second kappa shape index (κ2) is 8.97. The molecular formula is C22H27N3O3. The first-order chi connectivity index (χ1) is 13.5. The van der Waals surface area contributed by atoms with Crippen molar-refractivity contribution >= 4 is 28.4 Å². The number of primary amides is 1. The van der Waals surface area contributed by atoms with E-state index in [0.717, 1.165) is 22.8 Å². The van der Waals surface area contributed by atoms with Gasteiger partial charge in [-0.05, 0) is 48.6 Å². The smallest absolute Gasteiger partial charge is 0.289 e. The molecule has 2 amide bonds. The normalized spacial score (nSPS) is 18.1. The molecule has 3 N–H and O–H groups in total. The van der Waals surface area contributed by atoms with E-state index in [4.69, 9.17) is 5.73 Å². The topological polar surface area (TPSA) is 92.5 Å². The maximum absolute atomic E-state index is 12.7. The lowest BCUT2D eigenvalue weighted by Gasteiger charge is -2.29. The molecule has 0 saturated carbocycles. The number of Topliss-reactive ketones (excluding diaryl/α,β-unsaturated/α-hetero) is 1. The number of ketones is 1. The van der Waals surface area contributed by atoms with Crippen LogP contribution in [0.4, 0.5) is 0 Å². The third kappa shape index (κ3) is 4.22. The van der Waals surface area contributed by atoms with Gasteiger partial charge in [0.15, 0.2) is 0 Å². The van der Waals surface area contributed by atoms with Crippen LogP contribution in [0, 0.1) is 0 Å². The summed E-state index contributed by atoms with van der Waals surface area (Å²) in [6, 6.07) is 13.1. The zero-order valence-corrected chi connectivity index (χ0v) is 16.2. The first-order valence-corrected chi connectivity index (χ1v) is 9.86. The number of fused-ring (bicyclic) bond motifs is 1. The zero-order valence-electron chi connectivity index (χ0n) is 16.2. The van der Waals surface area contributed by atoms with E-state index in [1.54, 1.807) is 4.90 Å². The van der Waals surface area contributed by atoms with Gasteiger partial charge < -0.3 is 11.1 Å². The molecule has 2 aromatic carbocycles. The molecule has 1 aliphatic rings. The van der Waals surface area contributed by atoms with Gasteiger partial charge in [0.2, 0.25) is 11.7 Å². The van der Waals surface area contributed by atoms with Crippen LogP contribution in [0.3, 0.4) is 0 Å². The second-order valence-corrected chi connectivity index (χ2v) is 7.23. The lowest BCUT2D eigenvalue weighted by molar-refractivity contribution is -0.142. The van der Waals surface area contributed by atoms with E-state index >= 15 is 0 Å². The Balaban J connectivity index is 1.60. The number of nitrogens with one attached hydrogen (secondary N) is 1. The lowest BCUT2D eigenvalue weighted by atomic mass is 10.0. The monoisotopic (exact) mass is 381 g/mol. The van der Waals surface area contributed by atoms with Crippen LogP contribution in [0.15, 0.2) is 42.5 Å². The Morgan fingerprint density at radius 1 is 1.18 bits per heavy atom. The average Bonchev–Trinajstić information content (AvgIpc) is 3.18. The summed E-state index contributed by atoms with van der Waals surface area (Å²) in [7, 11) is 0. The quantitative estimate of drug-likeness (QED) is 0.682.